The van der Waals surface area contributed by atoms with Gasteiger partial charge in [-0.05, 0) is 61.6 Å². The number of carboxylic acid groups (broad SMARTS) is 1. The number of amides is 1. The molecule has 5 unspecified atom stereocenters. The molecule has 5 atom stereocenters. The maximum absolute atomic E-state index is 14.4. The first-order valence-electron chi connectivity index (χ1n) is 17.5. The Labute approximate surface area is 305 Å². The van der Waals surface area contributed by atoms with Crippen LogP contribution in [-0.2, 0) is 50.1 Å². The van der Waals surface area contributed by atoms with Crippen LogP contribution >= 0.6 is 0 Å². The van der Waals surface area contributed by atoms with Crippen LogP contribution in [0.4, 0.5) is 4.79 Å². The number of carbonyl (C=O) groups excluding carboxylic acids is 1. The minimum Gasteiger partial charge on any atom is -0.497 e. The Hall–Kier alpha value is -4.74. The van der Waals surface area contributed by atoms with E-state index in [2.05, 4.69) is 0 Å². The Morgan fingerprint density at radius 3 is 1.63 bits per heavy atom. The van der Waals surface area contributed by atoms with Crippen molar-refractivity contribution in [3.05, 3.63) is 138 Å². The highest BCUT2D eigenvalue weighted by atomic mass is 16.6. The van der Waals surface area contributed by atoms with Crippen LogP contribution in [0, 0.1) is 5.92 Å². The molecular formula is C42H49NO9. The smallest absolute Gasteiger partial charge is 0.412 e. The predicted octanol–water partition coefficient (Wildman–Crippen LogP) is 7.37. The summed E-state index contributed by atoms with van der Waals surface area (Å²) in [6, 6.07) is 35.8. The van der Waals surface area contributed by atoms with E-state index in [1.54, 1.807) is 52.1 Å². The van der Waals surface area contributed by atoms with Crippen molar-refractivity contribution in [1.82, 2.24) is 4.90 Å². The number of methoxy groups -OCH3 is 1. The van der Waals surface area contributed by atoms with Gasteiger partial charge in [-0.1, -0.05) is 103 Å². The molecule has 10 nitrogen and oxygen atoms in total. The topological polar surface area (TPSA) is 124 Å². The van der Waals surface area contributed by atoms with E-state index in [0.29, 0.717) is 11.3 Å². The van der Waals surface area contributed by atoms with E-state index in [1.807, 2.05) is 91.0 Å². The summed E-state index contributed by atoms with van der Waals surface area (Å²) in [7, 11) is 1.57. The maximum atomic E-state index is 14.4. The van der Waals surface area contributed by atoms with E-state index >= 15 is 0 Å². The van der Waals surface area contributed by atoms with Gasteiger partial charge in [-0.3, -0.25) is 9.69 Å². The zero-order chi connectivity index (χ0) is 37.1. The van der Waals surface area contributed by atoms with Crippen molar-refractivity contribution in [2.75, 3.05) is 7.11 Å². The number of ether oxygens (including phenoxy) is 5. The van der Waals surface area contributed by atoms with Gasteiger partial charge >= 0.3 is 12.1 Å². The summed E-state index contributed by atoms with van der Waals surface area (Å²) < 4.78 is 31.4. The molecule has 1 aliphatic carbocycles. The fourth-order valence-corrected chi connectivity index (χ4v) is 6.58. The number of hydrogen-bond acceptors (Lipinski definition) is 8. The Morgan fingerprint density at radius 2 is 1.17 bits per heavy atom. The molecule has 1 saturated carbocycles. The molecule has 276 valence electrons. The van der Waals surface area contributed by atoms with Gasteiger partial charge in [0.2, 0.25) is 0 Å². The average Bonchev–Trinajstić information content (AvgIpc) is 3.36. The van der Waals surface area contributed by atoms with Crippen molar-refractivity contribution < 1.29 is 43.5 Å². The predicted molar refractivity (Wildman–Crippen MR) is 195 cm³/mol. The van der Waals surface area contributed by atoms with Crippen LogP contribution in [0.5, 0.6) is 5.75 Å². The molecule has 52 heavy (non-hydrogen) atoms. The van der Waals surface area contributed by atoms with E-state index in [9.17, 15) is 19.8 Å². The number of carboxylic acids is 1. The van der Waals surface area contributed by atoms with Gasteiger partial charge in [-0.25, -0.2) is 4.79 Å². The average molecular weight is 712 g/mol. The summed E-state index contributed by atoms with van der Waals surface area (Å²) in [6.45, 7) is 5.51. The van der Waals surface area contributed by atoms with Crippen molar-refractivity contribution >= 4 is 12.1 Å². The van der Waals surface area contributed by atoms with E-state index in [1.165, 1.54) is 4.90 Å². The molecule has 4 aromatic rings. The van der Waals surface area contributed by atoms with Crippen LogP contribution in [0.15, 0.2) is 115 Å². The normalized spacial score (nSPS) is 21.4. The van der Waals surface area contributed by atoms with Gasteiger partial charge in [-0.15, -0.1) is 0 Å². The van der Waals surface area contributed by atoms with Crippen LogP contribution in [0.25, 0.3) is 0 Å². The molecule has 10 heteroatoms. The maximum Gasteiger partial charge on any atom is 0.412 e. The molecule has 2 N–H and O–H groups in total. The van der Waals surface area contributed by atoms with E-state index in [-0.39, 0.29) is 39.2 Å². The van der Waals surface area contributed by atoms with Crippen LogP contribution in [0.3, 0.4) is 0 Å². The lowest BCUT2D eigenvalue weighted by Gasteiger charge is -2.45. The van der Waals surface area contributed by atoms with Gasteiger partial charge in [0.15, 0.2) is 5.72 Å². The zero-order valence-corrected chi connectivity index (χ0v) is 30.2. The van der Waals surface area contributed by atoms with E-state index < -0.39 is 47.6 Å². The van der Waals surface area contributed by atoms with E-state index in [0.717, 1.165) is 16.7 Å². The van der Waals surface area contributed by atoms with Gasteiger partial charge in [0.05, 0.1) is 39.6 Å². The summed E-state index contributed by atoms with van der Waals surface area (Å²) in [6.07, 6.45) is -4.22. The molecule has 0 aliphatic heterocycles. The molecule has 0 aromatic heterocycles. The summed E-state index contributed by atoms with van der Waals surface area (Å²) in [4.78, 5) is 27.9. The number of nitrogens with zero attached hydrogens (tertiary/aromatic N) is 1. The molecule has 5 rings (SSSR count). The lowest BCUT2D eigenvalue weighted by molar-refractivity contribution is -0.218. The fraction of sp³-hybridized carbons (Fsp3) is 0.381. The third kappa shape index (κ3) is 9.98. The SMILES string of the molecule is COc1ccc(CN(C(=O)OC(C)(C)C)C2(O)C(CCC(=O)O)C(OCc3ccccc3)C(OCc3ccccc3)C2OCc2ccccc2)cc1. The van der Waals surface area contributed by atoms with Gasteiger partial charge in [-0.2, -0.15) is 0 Å². The van der Waals surface area contributed by atoms with Gasteiger partial charge in [0.1, 0.15) is 23.6 Å². The van der Waals surface area contributed by atoms with Crippen molar-refractivity contribution in [2.24, 2.45) is 5.92 Å². The molecule has 1 fully saturated rings. The monoisotopic (exact) mass is 711 g/mol. The van der Waals surface area contributed by atoms with Crippen LogP contribution in [-0.4, -0.2) is 63.9 Å². The molecule has 0 bridgehead atoms. The van der Waals surface area contributed by atoms with Crippen LogP contribution in [0.1, 0.15) is 55.9 Å². The van der Waals surface area contributed by atoms with Crippen molar-refractivity contribution in [3.8, 4) is 5.75 Å². The molecule has 0 spiro atoms. The number of aliphatic hydroxyl groups is 1. The largest absolute Gasteiger partial charge is 0.497 e. The minimum atomic E-state index is -2.17. The Kier molecular flexibility index (Phi) is 13.1. The molecule has 0 heterocycles. The van der Waals surface area contributed by atoms with Crippen LogP contribution < -0.4 is 4.74 Å². The third-order valence-corrected chi connectivity index (χ3v) is 9.04. The Bertz CT molecular complexity index is 1700. The number of aliphatic carboxylic acids is 1. The first-order chi connectivity index (χ1) is 25.0. The summed E-state index contributed by atoms with van der Waals surface area (Å²) in [5, 5.41) is 23.4. The zero-order valence-electron chi connectivity index (χ0n) is 30.2. The first kappa shape index (κ1) is 38.5. The third-order valence-electron chi connectivity index (χ3n) is 9.04. The molecular weight excluding hydrogens is 662 g/mol. The van der Waals surface area contributed by atoms with Gasteiger partial charge in [0, 0.05) is 12.3 Å². The highest BCUT2D eigenvalue weighted by molar-refractivity contribution is 5.70. The van der Waals surface area contributed by atoms with Crippen molar-refractivity contribution in [3.63, 3.8) is 0 Å². The molecule has 0 saturated heterocycles. The molecule has 0 radical (unpaired) electrons. The Morgan fingerprint density at radius 1 is 0.692 bits per heavy atom. The fourth-order valence-electron chi connectivity index (χ4n) is 6.58. The van der Waals surface area contributed by atoms with Crippen LogP contribution in [0.2, 0.25) is 0 Å². The second-order valence-electron chi connectivity index (χ2n) is 14.0. The van der Waals surface area contributed by atoms with Crippen molar-refractivity contribution in [1.29, 1.82) is 0 Å². The highest BCUT2D eigenvalue weighted by Gasteiger charge is 2.66. The Balaban J connectivity index is 1.66. The number of rotatable bonds is 16. The number of hydrogen-bond donors (Lipinski definition) is 2. The summed E-state index contributed by atoms with van der Waals surface area (Å²) in [5.41, 5.74) is 0.172. The standard InChI is InChI=1S/C42H49NO9/c1-41(2,3)52-40(46)43(26-30-20-22-34(48-4)23-21-30)42(47)35(24-25-36(44)45)37(49-27-31-14-8-5-9-15-31)38(50-28-32-16-10-6-11-17-32)39(42)51-29-33-18-12-7-13-19-33/h5-23,35,37-39,47H,24-29H2,1-4H3,(H,44,45). The highest BCUT2D eigenvalue weighted by Crippen LogP contribution is 2.48. The first-order valence-corrected chi connectivity index (χ1v) is 17.5. The number of carbonyl (C=O) groups is 2. The van der Waals surface area contributed by atoms with Gasteiger partial charge in [0.25, 0.3) is 0 Å². The van der Waals surface area contributed by atoms with Crippen molar-refractivity contribution in [2.45, 2.75) is 89.6 Å². The lowest BCUT2D eigenvalue weighted by atomic mass is 9.89. The second kappa shape index (κ2) is 17.7. The minimum absolute atomic E-state index is 0.0520. The molecule has 1 aliphatic rings. The van der Waals surface area contributed by atoms with Gasteiger partial charge < -0.3 is 33.9 Å². The number of benzene rings is 4. The summed E-state index contributed by atoms with van der Waals surface area (Å²) >= 11 is 0. The quantitative estimate of drug-likeness (QED) is 0.115. The molecule has 1 amide bonds. The van der Waals surface area contributed by atoms with E-state index in [4.69, 9.17) is 23.7 Å². The second-order valence-corrected chi connectivity index (χ2v) is 14.0. The summed E-state index contributed by atoms with van der Waals surface area (Å²) in [5.74, 6) is -1.42. The molecule has 4 aromatic carbocycles. The lowest BCUT2D eigenvalue weighted by Crippen LogP contribution is -2.62.